The van der Waals surface area contributed by atoms with Gasteiger partial charge in [0, 0.05) is 12.6 Å². The number of benzene rings is 1. The number of anilines is 1. The maximum absolute atomic E-state index is 11.3. The molecule has 0 aromatic heterocycles. The Morgan fingerprint density at radius 1 is 1.36 bits per heavy atom. The van der Waals surface area contributed by atoms with Crippen LogP contribution in [0.15, 0.2) is 23.1 Å². The van der Waals surface area contributed by atoms with Gasteiger partial charge in [0.25, 0.3) is 5.69 Å². The number of sulfonamides is 1. The topological polar surface area (TPSA) is 168 Å². The third-order valence-corrected chi connectivity index (χ3v) is 4.30. The summed E-state index contributed by atoms with van der Waals surface area (Å²) < 4.78 is 27.5. The highest BCUT2D eigenvalue weighted by Gasteiger charge is 2.21. The van der Waals surface area contributed by atoms with Gasteiger partial charge in [0.1, 0.15) is 11.3 Å². The zero-order valence-electron chi connectivity index (χ0n) is 14.0. The lowest BCUT2D eigenvalue weighted by Gasteiger charge is -2.23. The van der Waals surface area contributed by atoms with Crippen LogP contribution >= 0.6 is 0 Å². The van der Waals surface area contributed by atoms with E-state index in [4.69, 9.17) is 15.6 Å². The molecule has 0 radical (unpaired) electrons. The van der Waals surface area contributed by atoms with Crippen LogP contribution < -0.4 is 16.2 Å². The molecule has 1 rings (SSSR count). The van der Waals surface area contributed by atoms with Crippen molar-refractivity contribution in [2.75, 3.05) is 11.9 Å². The molecular weight excluding hydrogens is 352 g/mol. The molecule has 140 valence electrons. The van der Waals surface area contributed by atoms with E-state index in [9.17, 15) is 23.3 Å². The molecular formula is C14H22N4O6S. The van der Waals surface area contributed by atoms with Crippen LogP contribution in [0.4, 0.5) is 16.2 Å². The lowest BCUT2D eigenvalue weighted by molar-refractivity contribution is -0.384. The van der Waals surface area contributed by atoms with Gasteiger partial charge in [-0.05, 0) is 45.2 Å². The van der Waals surface area contributed by atoms with Crippen molar-refractivity contribution in [1.82, 2.24) is 0 Å². The first-order chi connectivity index (χ1) is 11.4. The molecule has 5 N–H and O–H groups in total. The standard InChI is InChI=1S/C14H22N4O6S/c1-14(2,24-13(15)19)7-3-4-8-17-11-6-5-10(25(16,22)23)9-12(11)18(20)21/h5-6,9,17H,3-4,7-8H2,1-2H3,(H2,15,19)(H2,16,22,23). The van der Waals surface area contributed by atoms with Gasteiger partial charge in [0.15, 0.2) is 0 Å². The molecule has 0 saturated carbocycles. The van der Waals surface area contributed by atoms with Crippen molar-refractivity contribution < 1.29 is 22.9 Å². The monoisotopic (exact) mass is 374 g/mol. The molecule has 10 nitrogen and oxygen atoms in total. The minimum Gasteiger partial charge on any atom is -0.444 e. The number of hydrogen-bond donors (Lipinski definition) is 3. The van der Waals surface area contributed by atoms with Crippen LogP contribution in [0.1, 0.15) is 33.1 Å². The fourth-order valence-corrected chi connectivity index (χ4v) is 2.74. The largest absolute Gasteiger partial charge is 0.444 e. The van der Waals surface area contributed by atoms with Gasteiger partial charge in [0.2, 0.25) is 10.0 Å². The van der Waals surface area contributed by atoms with Gasteiger partial charge in [0.05, 0.1) is 9.82 Å². The highest BCUT2D eigenvalue weighted by molar-refractivity contribution is 7.89. The molecule has 0 aliphatic heterocycles. The SMILES string of the molecule is CC(C)(CCCCNc1ccc(S(N)(=O)=O)cc1[N+](=O)[O-])OC(N)=O. The normalized spacial score (nSPS) is 11.8. The number of primary amides is 1. The second-order valence-corrected chi connectivity index (χ2v) is 7.61. The third-order valence-electron chi connectivity index (χ3n) is 3.39. The average Bonchev–Trinajstić information content (AvgIpc) is 2.44. The Balaban J connectivity index is 2.63. The molecule has 1 aromatic rings. The summed E-state index contributed by atoms with van der Waals surface area (Å²) in [6, 6.07) is 3.42. The highest BCUT2D eigenvalue weighted by atomic mass is 32.2. The predicted molar refractivity (Wildman–Crippen MR) is 91.6 cm³/mol. The Labute approximate surface area is 145 Å². The number of nitrogens with one attached hydrogen (secondary N) is 1. The first kappa shape index (κ1) is 20.6. The lowest BCUT2D eigenvalue weighted by atomic mass is 10.0. The number of amides is 1. The van der Waals surface area contributed by atoms with Crippen LogP contribution in [0.5, 0.6) is 0 Å². The number of carbonyl (C=O) groups excluding carboxylic acids is 1. The van der Waals surface area contributed by atoms with E-state index in [1.54, 1.807) is 13.8 Å². The molecule has 25 heavy (non-hydrogen) atoms. The van der Waals surface area contributed by atoms with Crippen LogP contribution in [0.2, 0.25) is 0 Å². The van der Waals surface area contributed by atoms with E-state index < -0.39 is 26.6 Å². The molecule has 0 heterocycles. The molecule has 0 aliphatic rings. The Bertz CT molecular complexity index is 748. The van der Waals surface area contributed by atoms with Gasteiger partial charge in [-0.3, -0.25) is 10.1 Å². The second kappa shape index (κ2) is 8.12. The smallest absolute Gasteiger partial charge is 0.405 e. The van der Waals surface area contributed by atoms with E-state index >= 15 is 0 Å². The first-order valence-corrected chi connectivity index (χ1v) is 9.00. The summed E-state index contributed by atoms with van der Waals surface area (Å²) in [4.78, 5) is 20.9. The zero-order chi connectivity index (χ0) is 19.3. The Morgan fingerprint density at radius 3 is 2.52 bits per heavy atom. The Hall–Kier alpha value is -2.40. The average molecular weight is 374 g/mol. The maximum atomic E-state index is 11.3. The number of ether oxygens (including phenoxy) is 1. The third kappa shape index (κ3) is 6.93. The van der Waals surface area contributed by atoms with Crippen molar-refractivity contribution in [2.45, 2.75) is 43.6 Å². The predicted octanol–water partition coefficient (Wildman–Crippen LogP) is 1.70. The minimum atomic E-state index is -4.01. The molecule has 0 saturated heterocycles. The number of nitrogens with two attached hydrogens (primary N) is 2. The summed E-state index contributed by atoms with van der Waals surface area (Å²) in [6.07, 6.45) is 1.08. The van der Waals surface area contributed by atoms with Gasteiger partial charge < -0.3 is 15.8 Å². The first-order valence-electron chi connectivity index (χ1n) is 7.46. The number of nitro groups is 1. The van der Waals surface area contributed by atoms with Gasteiger partial charge >= 0.3 is 6.09 Å². The molecule has 0 unspecified atom stereocenters. The number of hydrogen-bond acceptors (Lipinski definition) is 7. The number of nitrogens with zero attached hydrogens (tertiary/aromatic N) is 1. The number of nitro benzene ring substituents is 1. The van der Waals surface area contributed by atoms with E-state index in [0.29, 0.717) is 25.8 Å². The van der Waals surface area contributed by atoms with Crippen molar-refractivity contribution in [3.63, 3.8) is 0 Å². The molecule has 11 heteroatoms. The van der Waals surface area contributed by atoms with Crippen molar-refractivity contribution in [3.05, 3.63) is 28.3 Å². The van der Waals surface area contributed by atoms with Gasteiger partial charge in [-0.25, -0.2) is 18.4 Å². The van der Waals surface area contributed by atoms with Crippen LogP contribution in [-0.4, -0.2) is 31.6 Å². The molecule has 0 aliphatic carbocycles. The molecule has 0 atom stereocenters. The van der Waals surface area contributed by atoms with Crippen LogP contribution in [0.25, 0.3) is 0 Å². The molecule has 1 aromatic carbocycles. The van der Waals surface area contributed by atoms with Crippen LogP contribution in [0, 0.1) is 10.1 Å². The van der Waals surface area contributed by atoms with E-state index in [0.717, 1.165) is 6.07 Å². The maximum Gasteiger partial charge on any atom is 0.405 e. The molecule has 0 bridgehead atoms. The number of carbonyl (C=O) groups is 1. The van der Waals surface area contributed by atoms with Crippen molar-refractivity contribution in [3.8, 4) is 0 Å². The van der Waals surface area contributed by atoms with E-state index in [1.807, 2.05) is 0 Å². The fourth-order valence-electron chi connectivity index (χ4n) is 2.21. The van der Waals surface area contributed by atoms with Gasteiger partial charge in [-0.1, -0.05) is 0 Å². The van der Waals surface area contributed by atoms with E-state index in [1.165, 1.54) is 12.1 Å². The summed E-state index contributed by atoms with van der Waals surface area (Å²) in [7, 11) is -4.01. The number of unbranched alkanes of at least 4 members (excludes halogenated alkanes) is 1. The van der Waals surface area contributed by atoms with E-state index in [-0.39, 0.29) is 16.3 Å². The van der Waals surface area contributed by atoms with Crippen LogP contribution in [-0.2, 0) is 14.8 Å². The summed E-state index contributed by atoms with van der Waals surface area (Å²) >= 11 is 0. The summed E-state index contributed by atoms with van der Waals surface area (Å²) in [5, 5.41) is 19.0. The summed E-state index contributed by atoms with van der Waals surface area (Å²) in [5.41, 5.74) is 4.13. The summed E-state index contributed by atoms with van der Waals surface area (Å²) in [6.45, 7) is 3.90. The number of primary sulfonamides is 1. The van der Waals surface area contributed by atoms with Crippen molar-refractivity contribution >= 4 is 27.5 Å². The minimum absolute atomic E-state index is 0.199. The van der Waals surface area contributed by atoms with E-state index in [2.05, 4.69) is 5.32 Å². The molecule has 1 amide bonds. The Kier molecular flexibility index (Phi) is 6.70. The van der Waals surface area contributed by atoms with Crippen LogP contribution in [0.3, 0.4) is 0 Å². The molecule has 0 spiro atoms. The van der Waals surface area contributed by atoms with Crippen molar-refractivity contribution in [2.24, 2.45) is 10.9 Å². The highest BCUT2D eigenvalue weighted by Crippen LogP contribution is 2.27. The Morgan fingerprint density at radius 2 is 2.00 bits per heavy atom. The van der Waals surface area contributed by atoms with Gasteiger partial charge in [-0.2, -0.15) is 0 Å². The summed E-state index contributed by atoms with van der Waals surface area (Å²) in [5.74, 6) is 0. The fraction of sp³-hybridized carbons (Fsp3) is 0.500. The zero-order valence-corrected chi connectivity index (χ0v) is 14.8. The quantitative estimate of drug-likeness (QED) is 0.335. The van der Waals surface area contributed by atoms with Crippen molar-refractivity contribution in [1.29, 1.82) is 0 Å². The lowest BCUT2D eigenvalue weighted by Crippen LogP contribution is -2.31. The molecule has 0 fully saturated rings. The number of rotatable bonds is 9. The van der Waals surface area contributed by atoms with Gasteiger partial charge in [-0.15, -0.1) is 0 Å². The second-order valence-electron chi connectivity index (χ2n) is 6.05.